The molecule has 2 bridgehead atoms. The quantitative estimate of drug-likeness (QED) is 0.837. The number of amides is 2. The zero-order valence-corrected chi connectivity index (χ0v) is 14.5. The van der Waals surface area contributed by atoms with Crippen LogP contribution in [0.2, 0.25) is 0 Å². The Balaban J connectivity index is 1.55. The number of nitrogens with two attached hydrogens (primary N) is 1. The summed E-state index contributed by atoms with van der Waals surface area (Å²) in [5, 5.41) is 0. The van der Waals surface area contributed by atoms with Gasteiger partial charge in [-0.25, -0.2) is 0 Å². The lowest BCUT2D eigenvalue weighted by molar-refractivity contribution is -0.145. The molecular formula is C18H31N3O2. The first-order valence-electron chi connectivity index (χ1n) is 9.30. The third-order valence-electron chi connectivity index (χ3n) is 6.16. The Labute approximate surface area is 139 Å². The van der Waals surface area contributed by atoms with E-state index < -0.39 is 0 Å². The van der Waals surface area contributed by atoms with Gasteiger partial charge in [0.1, 0.15) is 0 Å². The SMILES string of the molecule is CC(C)C(=O)N1CCN(C(=O)C2CC3CCCC(C2)C3N)CC1. The standard InChI is InChI=1S/C18H31N3O2/c1-12(2)17(22)20-6-8-21(9-7-20)18(23)15-10-13-4-3-5-14(11-15)16(13)19/h12-16H,3-11,19H2,1-2H3. The third kappa shape index (κ3) is 3.39. The predicted octanol–water partition coefficient (Wildman–Crippen LogP) is 1.47. The molecule has 23 heavy (non-hydrogen) atoms. The molecule has 2 saturated carbocycles. The molecule has 2 atom stereocenters. The summed E-state index contributed by atoms with van der Waals surface area (Å²) in [5.41, 5.74) is 6.34. The van der Waals surface area contributed by atoms with Gasteiger partial charge in [-0.1, -0.05) is 20.3 Å². The van der Waals surface area contributed by atoms with Crippen LogP contribution in [0.15, 0.2) is 0 Å². The molecule has 2 aliphatic carbocycles. The van der Waals surface area contributed by atoms with Crippen molar-refractivity contribution >= 4 is 11.8 Å². The van der Waals surface area contributed by atoms with E-state index in [9.17, 15) is 9.59 Å². The Morgan fingerprint density at radius 2 is 1.48 bits per heavy atom. The Morgan fingerprint density at radius 3 is 2.00 bits per heavy atom. The van der Waals surface area contributed by atoms with Gasteiger partial charge in [0.25, 0.3) is 0 Å². The van der Waals surface area contributed by atoms with Gasteiger partial charge in [0.15, 0.2) is 0 Å². The summed E-state index contributed by atoms with van der Waals surface area (Å²) >= 11 is 0. The van der Waals surface area contributed by atoms with E-state index in [4.69, 9.17) is 5.73 Å². The number of nitrogens with zero attached hydrogens (tertiary/aromatic N) is 2. The maximum absolute atomic E-state index is 12.9. The van der Waals surface area contributed by atoms with Gasteiger partial charge < -0.3 is 15.5 Å². The normalized spacial score (nSPS) is 34.6. The van der Waals surface area contributed by atoms with E-state index in [1.54, 1.807) is 0 Å². The Bertz CT molecular complexity index is 443. The molecule has 1 heterocycles. The Morgan fingerprint density at radius 1 is 0.957 bits per heavy atom. The second-order valence-electron chi connectivity index (χ2n) is 8.00. The van der Waals surface area contributed by atoms with Crippen LogP contribution in [0.25, 0.3) is 0 Å². The molecule has 0 aromatic rings. The summed E-state index contributed by atoms with van der Waals surface area (Å²) in [5.74, 6) is 1.80. The van der Waals surface area contributed by atoms with Gasteiger partial charge in [-0.15, -0.1) is 0 Å². The summed E-state index contributed by atoms with van der Waals surface area (Å²) in [6, 6.07) is 0.313. The van der Waals surface area contributed by atoms with Gasteiger partial charge in [0.05, 0.1) is 0 Å². The molecule has 2 unspecified atom stereocenters. The molecule has 1 aliphatic heterocycles. The molecule has 3 fully saturated rings. The monoisotopic (exact) mass is 321 g/mol. The molecule has 3 aliphatic rings. The van der Waals surface area contributed by atoms with Crippen molar-refractivity contribution in [1.29, 1.82) is 0 Å². The molecule has 5 nitrogen and oxygen atoms in total. The molecule has 0 aromatic heterocycles. The second-order valence-corrected chi connectivity index (χ2v) is 8.00. The smallest absolute Gasteiger partial charge is 0.225 e. The molecule has 5 heteroatoms. The average molecular weight is 321 g/mol. The van der Waals surface area contributed by atoms with Gasteiger partial charge in [-0.2, -0.15) is 0 Å². The fraction of sp³-hybridized carbons (Fsp3) is 0.889. The maximum atomic E-state index is 12.9. The number of rotatable bonds is 2. The van der Waals surface area contributed by atoms with E-state index in [2.05, 4.69) is 0 Å². The lowest BCUT2D eigenvalue weighted by Crippen LogP contribution is -2.55. The first-order chi connectivity index (χ1) is 11.0. The molecule has 0 spiro atoms. The summed E-state index contributed by atoms with van der Waals surface area (Å²) in [7, 11) is 0. The topological polar surface area (TPSA) is 66.6 Å². The fourth-order valence-electron chi connectivity index (χ4n) is 4.76. The van der Waals surface area contributed by atoms with Crippen LogP contribution in [0, 0.1) is 23.7 Å². The summed E-state index contributed by atoms with van der Waals surface area (Å²) in [6.07, 6.45) is 5.61. The van der Waals surface area contributed by atoms with Crippen LogP contribution in [0.1, 0.15) is 46.0 Å². The van der Waals surface area contributed by atoms with Crippen molar-refractivity contribution in [2.24, 2.45) is 29.4 Å². The van der Waals surface area contributed by atoms with Crippen molar-refractivity contribution in [3.05, 3.63) is 0 Å². The van der Waals surface area contributed by atoms with Crippen LogP contribution in [-0.4, -0.2) is 53.8 Å². The molecule has 0 radical (unpaired) electrons. The minimum atomic E-state index is 0.0384. The zero-order valence-electron chi connectivity index (χ0n) is 14.5. The highest BCUT2D eigenvalue weighted by molar-refractivity contribution is 5.81. The highest BCUT2D eigenvalue weighted by Gasteiger charge is 2.42. The van der Waals surface area contributed by atoms with Crippen LogP contribution in [-0.2, 0) is 9.59 Å². The van der Waals surface area contributed by atoms with E-state index >= 15 is 0 Å². The van der Waals surface area contributed by atoms with Gasteiger partial charge >= 0.3 is 0 Å². The van der Waals surface area contributed by atoms with Gasteiger partial charge in [-0.3, -0.25) is 9.59 Å². The Kier molecular flexibility index (Phi) is 4.95. The highest BCUT2D eigenvalue weighted by atomic mass is 16.2. The van der Waals surface area contributed by atoms with Crippen molar-refractivity contribution in [3.8, 4) is 0 Å². The minimum Gasteiger partial charge on any atom is -0.339 e. The molecule has 130 valence electrons. The van der Waals surface area contributed by atoms with Gasteiger partial charge in [0.2, 0.25) is 11.8 Å². The van der Waals surface area contributed by atoms with E-state index in [0.717, 1.165) is 12.8 Å². The lowest BCUT2D eigenvalue weighted by Gasteiger charge is -2.45. The second kappa shape index (κ2) is 6.80. The predicted molar refractivity (Wildman–Crippen MR) is 89.5 cm³/mol. The Hall–Kier alpha value is -1.10. The van der Waals surface area contributed by atoms with Crippen LogP contribution in [0.5, 0.6) is 0 Å². The van der Waals surface area contributed by atoms with Crippen molar-refractivity contribution < 1.29 is 9.59 Å². The largest absolute Gasteiger partial charge is 0.339 e. The first-order valence-corrected chi connectivity index (χ1v) is 9.30. The minimum absolute atomic E-state index is 0.0384. The number of carbonyl (C=O) groups excluding carboxylic acids is 2. The van der Waals surface area contributed by atoms with Gasteiger partial charge in [0, 0.05) is 44.1 Å². The van der Waals surface area contributed by atoms with Crippen LogP contribution in [0.3, 0.4) is 0 Å². The zero-order chi connectivity index (χ0) is 16.6. The first kappa shape index (κ1) is 16.7. The summed E-state index contributed by atoms with van der Waals surface area (Å²) < 4.78 is 0. The maximum Gasteiger partial charge on any atom is 0.225 e. The van der Waals surface area contributed by atoms with Crippen LogP contribution < -0.4 is 5.73 Å². The molecule has 3 rings (SSSR count). The van der Waals surface area contributed by atoms with E-state index in [0.29, 0.717) is 50.0 Å². The number of hydrogen-bond acceptors (Lipinski definition) is 3. The van der Waals surface area contributed by atoms with Gasteiger partial charge in [-0.05, 0) is 37.5 Å². The molecule has 2 amide bonds. The van der Waals surface area contributed by atoms with E-state index in [1.165, 1.54) is 19.3 Å². The van der Waals surface area contributed by atoms with Crippen molar-refractivity contribution in [3.63, 3.8) is 0 Å². The van der Waals surface area contributed by atoms with Crippen LogP contribution >= 0.6 is 0 Å². The third-order valence-corrected chi connectivity index (χ3v) is 6.16. The average Bonchev–Trinajstić information content (AvgIpc) is 2.53. The van der Waals surface area contributed by atoms with Crippen molar-refractivity contribution in [2.75, 3.05) is 26.2 Å². The molecule has 0 aromatic carbocycles. The fourth-order valence-corrected chi connectivity index (χ4v) is 4.76. The number of fused-ring (bicyclic) bond motifs is 2. The molecule has 2 N–H and O–H groups in total. The number of carbonyl (C=O) groups is 2. The lowest BCUT2D eigenvalue weighted by atomic mass is 9.65. The van der Waals surface area contributed by atoms with Crippen molar-refractivity contribution in [2.45, 2.75) is 52.0 Å². The number of piperazine rings is 1. The summed E-state index contributed by atoms with van der Waals surface area (Å²) in [6.45, 7) is 6.61. The molecular weight excluding hydrogens is 290 g/mol. The van der Waals surface area contributed by atoms with Crippen LogP contribution in [0.4, 0.5) is 0 Å². The highest BCUT2D eigenvalue weighted by Crippen LogP contribution is 2.42. The molecule has 1 saturated heterocycles. The summed E-state index contributed by atoms with van der Waals surface area (Å²) in [4.78, 5) is 28.8. The van der Waals surface area contributed by atoms with E-state index in [1.807, 2.05) is 23.6 Å². The van der Waals surface area contributed by atoms with Crippen molar-refractivity contribution in [1.82, 2.24) is 9.80 Å². The number of hydrogen-bond donors (Lipinski definition) is 1. The van der Waals surface area contributed by atoms with E-state index in [-0.39, 0.29) is 17.7 Å².